The van der Waals surface area contributed by atoms with Gasteiger partial charge in [-0.2, -0.15) is 0 Å². The first-order valence-electron chi connectivity index (χ1n) is 6.52. The summed E-state index contributed by atoms with van der Waals surface area (Å²) in [5.74, 6) is 0.366. The van der Waals surface area contributed by atoms with Gasteiger partial charge in [0.25, 0.3) is 0 Å². The molecule has 1 aliphatic rings. The maximum Gasteiger partial charge on any atom is 0.206 e. The standard InChI is InChI=1S/C15H13ClFN3S/c1-2-18-15-19-14-11(10-5-3-4-6-12(10)16)7-9(17)8-13(14)21-20-15/h3-8H,2H2,1H3,(H2,18,19,20). The molecule has 0 aliphatic carbocycles. The number of nitrogens with one attached hydrogen (secondary N) is 2. The highest BCUT2D eigenvalue weighted by Crippen LogP contribution is 2.40. The molecule has 2 aromatic rings. The van der Waals surface area contributed by atoms with Crippen molar-refractivity contribution in [1.82, 2.24) is 4.72 Å². The van der Waals surface area contributed by atoms with Gasteiger partial charge in [-0.1, -0.05) is 29.8 Å². The van der Waals surface area contributed by atoms with E-state index in [2.05, 4.69) is 15.0 Å². The Morgan fingerprint density at radius 2 is 2.05 bits per heavy atom. The molecule has 0 atom stereocenters. The lowest BCUT2D eigenvalue weighted by Gasteiger charge is -2.23. The van der Waals surface area contributed by atoms with Crippen LogP contribution in [0.5, 0.6) is 0 Å². The number of anilines is 1. The molecule has 0 saturated carbocycles. The molecule has 0 amide bonds. The van der Waals surface area contributed by atoms with Gasteiger partial charge in [-0.15, -0.1) is 0 Å². The van der Waals surface area contributed by atoms with Gasteiger partial charge < -0.3 is 5.32 Å². The zero-order valence-corrected chi connectivity index (χ0v) is 12.9. The normalized spacial score (nSPS) is 15.3. The molecule has 108 valence electrons. The van der Waals surface area contributed by atoms with Gasteiger partial charge in [-0.05, 0) is 37.1 Å². The summed E-state index contributed by atoms with van der Waals surface area (Å²) in [6.07, 6.45) is 0. The monoisotopic (exact) mass is 321 g/mol. The van der Waals surface area contributed by atoms with Gasteiger partial charge in [-0.25, -0.2) is 4.39 Å². The minimum atomic E-state index is -0.296. The van der Waals surface area contributed by atoms with Crippen molar-refractivity contribution in [3.05, 3.63) is 47.2 Å². The maximum absolute atomic E-state index is 13.9. The van der Waals surface area contributed by atoms with Crippen LogP contribution in [0.1, 0.15) is 6.92 Å². The van der Waals surface area contributed by atoms with Crippen molar-refractivity contribution in [3.8, 4) is 11.1 Å². The molecule has 0 radical (unpaired) electrons. The van der Waals surface area contributed by atoms with Crippen LogP contribution in [0.15, 0.2) is 46.3 Å². The highest BCUT2D eigenvalue weighted by atomic mass is 35.5. The Morgan fingerprint density at radius 3 is 2.81 bits per heavy atom. The van der Waals surface area contributed by atoms with E-state index in [1.165, 1.54) is 24.1 Å². The molecule has 3 nitrogen and oxygen atoms in total. The van der Waals surface area contributed by atoms with Crippen molar-refractivity contribution in [2.45, 2.75) is 11.8 Å². The van der Waals surface area contributed by atoms with Crippen LogP contribution in [0, 0.1) is 5.82 Å². The SMILES string of the molecule is CCN=C1NSc2cc(F)cc(-c3ccccc3Cl)c2N1. The fourth-order valence-electron chi connectivity index (χ4n) is 2.16. The first-order valence-corrected chi connectivity index (χ1v) is 7.71. The highest BCUT2D eigenvalue weighted by molar-refractivity contribution is 7.98. The van der Waals surface area contributed by atoms with Crippen molar-refractivity contribution in [3.63, 3.8) is 0 Å². The first-order chi connectivity index (χ1) is 10.2. The molecule has 6 heteroatoms. The van der Waals surface area contributed by atoms with Crippen LogP contribution in [0.25, 0.3) is 11.1 Å². The van der Waals surface area contributed by atoms with Crippen LogP contribution >= 0.6 is 23.5 Å². The number of benzene rings is 2. The van der Waals surface area contributed by atoms with Gasteiger partial charge in [0.15, 0.2) is 0 Å². The molecular weight excluding hydrogens is 309 g/mol. The van der Waals surface area contributed by atoms with Gasteiger partial charge >= 0.3 is 0 Å². The third-order valence-electron chi connectivity index (χ3n) is 3.05. The number of halogens is 2. The summed E-state index contributed by atoms with van der Waals surface area (Å²) in [7, 11) is 0. The zero-order valence-electron chi connectivity index (χ0n) is 11.3. The summed E-state index contributed by atoms with van der Waals surface area (Å²) < 4.78 is 16.9. The van der Waals surface area contributed by atoms with Crippen molar-refractivity contribution < 1.29 is 4.39 Å². The molecule has 1 aliphatic heterocycles. The molecule has 2 aromatic carbocycles. The van der Waals surface area contributed by atoms with Crippen molar-refractivity contribution >= 4 is 35.2 Å². The summed E-state index contributed by atoms with van der Waals surface area (Å²) in [6.45, 7) is 2.62. The summed E-state index contributed by atoms with van der Waals surface area (Å²) in [5.41, 5.74) is 2.34. The average molecular weight is 322 g/mol. The number of fused-ring (bicyclic) bond motifs is 1. The Kier molecular flexibility index (Phi) is 4.03. The van der Waals surface area contributed by atoms with E-state index in [9.17, 15) is 4.39 Å². The van der Waals surface area contributed by atoms with E-state index in [0.717, 1.165) is 21.7 Å². The lowest BCUT2D eigenvalue weighted by atomic mass is 10.0. The zero-order chi connectivity index (χ0) is 14.8. The van der Waals surface area contributed by atoms with E-state index in [4.69, 9.17) is 11.6 Å². The van der Waals surface area contributed by atoms with Gasteiger partial charge in [0.1, 0.15) is 5.82 Å². The summed E-state index contributed by atoms with van der Waals surface area (Å²) in [5, 5.41) is 3.80. The molecule has 0 fully saturated rings. The van der Waals surface area contributed by atoms with E-state index in [1.807, 2.05) is 25.1 Å². The maximum atomic E-state index is 13.9. The quantitative estimate of drug-likeness (QED) is 0.797. The second kappa shape index (κ2) is 5.95. The number of hydrogen-bond acceptors (Lipinski definition) is 2. The molecule has 1 heterocycles. The van der Waals surface area contributed by atoms with E-state index >= 15 is 0 Å². The van der Waals surface area contributed by atoms with E-state index < -0.39 is 0 Å². The van der Waals surface area contributed by atoms with E-state index in [0.29, 0.717) is 17.5 Å². The summed E-state index contributed by atoms with van der Waals surface area (Å²) in [4.78, 5) is 5.09. The van der Waals surface area contributed by atoms with Crippen LogP contribution < -0.4 is 10.0 Å². The highest BCUT2D eigenvalue weighted by Gasteiger charge is 2.20. The minimum absolute atomic E-state index is 0.296. The molecular formula is C15H13ClFN3S. The van der Waals surface area contributed by atoms with Crippen LogP contribution in [0.2, 0.25) is 5.02 Å². The van der Waals surface area contributed by atoms with Crippen LogP contribution in [-0.4, -0.2) is 12.5 Å². The average Bonchev–Trinajstić information content (AvgIpc) is 2.48. The van der Waals surface area contributed by atoms with E-state index in [1.54, 1.807) is 6.07 Å². The van der Waals surface area contributed by atoms with Crippen molar-refractivity contribution in [2.75, 3.05) is 11.9 Å². The van der Waals surface area contributed by atoms with Gasteiger partial charge in [-0.3, -0.25) is 9.71 Å². The summed E-state index contributed by atoms with van der Waals surface area (Å²) in [6, 6.07) is 10.4. The molecule has 21 heavy (non-hydrogen) atoms. The third kappa shape index (κ3) is 2.84. The number of nitrogens with zero attached hydrogens (tertiary/aromatic N) is 1. The van der Waals surface area contributed by atoms with Gasteiger partial charge in [0.2, 0.25) is 5.96 Å². The largest absolute Gasteiger partial charge is 0.324 e. The molecule has 2 N–H and O–H groups in total. The van der Waals surface area contributed by atoms with Crippen LogP contribution in [0.3, 0.4) is 0 Å². The molecule has 0 bridgehead atoms. The van der Waals surface area contributed by atoms with Crippen molar-refractivity contribution in [1.29, 1.82) is 0 Å². The number of guanidine groups is 1. The van der Waals surface area contributed by atoms with Crippen molar-refractivity contribution in [2.24, 2.45) is 4.99 Å². The van der Waals surface area contributed by atoms with Gasteiger partial charge in [0.05, 0.1) is 10.6 Å². The molecule has 0 unspecified atom stereocenters. The van der Waals surface area contributed by atoms with Gasteiger partial charge in [0, 0.05) is 22.7 Å². The minimum Gasteiger partial charge on any atom is -0.324 e. The lowest BCUT2D eigenvalue weighted by Crippen LogP contribution is -2.30. The number of rotatable bonds is 2. The van der Waals surface area contributed by atoms with Crippen LogP contribution in [0.4, 0.5) is 10.1 Å². The predicted molar refractivity (Wildman–Crippen MR) is 87.4 cm³/mol. The Balaban J connectivity index is 2.16. The smallest absolute Gasteiger partial charge is 0.206 e. The molecule has 0 saturated heterocycles. The Labute approximate surface area is 131 Å². The Bertz CT molecular complexity index is 718. The third-order valence-corrected chi connectivity index (χ3v) is 4.22. The second-order valence-electron chi connectivity index (χ2n) is 4.46. The van der Waals surface area contributed by atoms with E-state index in [-0.39, 0.29) is 5.82 Å². The Hall–Kier alpha value is -1.72. The number of hydrogen-bond donors (Lipinski definition) is 2. The first kappa shape index (κ1) is 14.2. The molecule has 0 aromatic heterocycles. The fraction of sp³-hybridized carbons (Fsp3) is 0.133. The fourth-order valence-corrected chi connectivity index (χ4v) is 3.15. The van der Waals surface area contributed by atoms with Crippen LogP contribution in [-0.2, 0) is 0 Å². The Morgan fingerprint density at radius 1 is 1.24 bits per heavy atom. The number of aliphatic imine (C=N–C) groups is 1. The lowest BCUT2D eigenvalue weighted by molar-refractivity contribution is 0.625. The molecule has 0 spiro atoms. The predicted octanol–water partition coefficient (Wildman–Crippen LogP) is 4.54. The second-order valence-corrected chi connectivity index (χ2v) is 5.71. The summed E-state index contributed by atoms with van der Waals surface area (Å²) >= 11 is 7.59. The molecule has 3 rings (SSSR count). The topological polar surface area (TPSA) is 36.4 Å².